The molecule has 18 heavy (non-hydrogen) atoms. The molecule has 94 valence electrons. The van der Waals surface area contributed by atoms with Crippen molar-refractivity contribution >= 4 is 21.9 Å². The van der Waals surface area contributed by atoms with Gasteiger partial charge >= 0.3 is 5.97 Å². The smallest absolute Gasteiger partial charge is 0.338 e. The number of carboxylic acid groups (broad SMARTS) is 1. The van der Waals surface area contributed by atoms with Crippen LogP contribution >= 0.6 is 15.9 Å². The summed E-state index contributed by atoms with van der Waals surface area (Å²) in [6.45, 7) is 0.454. The van der Waals surface area contributed by atoms with Crippen molar-refractivity contribution in [3.63, 3.8) is 0 Å². The quantitative estimate of drug-likeness (QED) is 0.942. The molecule has 0 atom stereocenters. The van der Waals surface area contributed by atoms with Crippen LogP contribution in [0.2, 0.25) is 0 Å². The van der Waals surface area contributed by atoms with Crippen molar-refractivity contribution in [2.75, 3.05) is 7.11 Å². The first-order valence-corrected chi connectivity index (χ1v) is 5.97. The van der Waals surface area contributed by atoms with Crippen molar-refractivity contribution in [1.82, 2.24) is 9.78 Å². The van der Waals surface area contributed by atoms with Crippen molar-refractivity contribution in [3.8, 4) is 5.75 Å². The molecule has 0 aliphatic carbocycles. The van der Waals surface area contributed by atoms with Gasteiger partial charge in [-0.3, -0.25) is 4.68 Å². The van der Waals surface area contributed by atoms with E-state index in [1.54, 1.807) is 11.8 Å². The monoisotopic (exact) mass is 310 g/mol. The Balaban J connectivity index is 2.27. The fraction of sp³-hybridized carbons (Fsp3) is 0.167. The predicted molar refractivity (Wildman–Crippen MR) is 69.0 cm³/mol. The largest absolute Gasteiger partial charge is 0.496 e. The minimum atomic E-state index is -0.984. The first-order chi connectivity index (χ1) is 8.60. The first kappa shape index (κ1) is 12.6. The molecule has 0 fully saturated rings. The number of benzene rings is 1. The van der Waals surface area contributed by atoms with Crippen LogP contribution in [0.15, 0.2) is 35.1 Å². The van der Waals surface area contributed by atoms with Gasteiger partial charge in [-0.25, -0.2) is 4.79 Å². The van der Waals surface area contributed by atoms with Gasteiger partial charge in [0.1, 0.15) is 5.75 Å². The standard InChI is InChI=1S/C12H11BrN2O3/c1-18-11-3-2-10(13)4-8(11)6-15-7-9(5-14-15)12(16)17/h2-5,7H,6H2,1H3,(H,16,17). The van der Waals surface area contributed by atoms with E-state index in [2.05, 4.69) is 21.0 Å². The molecule has 2 rings (SSSR count). The number of nitrogens with zero attached hydrogens (tertiary/aromatic N) is 2. The van der Waals surface area contributed by atoms with Gasteiger partial charge < -0.3 is 9.84 Å². The second-order valence-corrected chi connectivity index (χ2v) is 4.60. The molecule has 5 nitrogen and oxygen atoms in total. The summed E-state index contributed by atoms with van der Waals surface area (Å²) < 4.78 is 7.75. The lowest BCUT2D eigenvalue weighted by Gasteiger charge is -2.08. The van der Waals surface area contributed by atoms with Gasteiger partial charge in [-0.15, -0.1) is 0 Å². The van der Waals surface area contributed by atoms with Crippen LogP contribution in [-0.4, -0.2) is 28.0 Å². The molecule has 0 radical (unpaired) electrons. The van der Waals surface area contributed by atoms with Crippen LogP contribution in [-0.2, 0) is 6.54 Å². The van der Waals surface area contributed by atoms with E-state index in [0.29, 0.717) is 6.54 Å². The Morgan fingerprint density at radius 1 is 1.56 bits per heavy atom. The second kappa shape index (κ2) is 5.22. The first-order valence-electron chi connectivity index (χ1n) is 5.18. The molecule has 0 amide bonds. The van der Waals surface area contributed by atoms with Gasteiger partial charge in [-0.1, -0.05) is 15.9 Å². The number of ether oxygens (including phenoxy) is 1. The summed E-state index contributed by atoms with van der Waals surface area (Å²) >= 11 is 3.39. The molecular weight excluding hydrogens is 300 g/mol. The lowest BCUT2D eigenvalue weighted by molar-refractivity contribution is 0.0697. The Morgan fingerprint density at radius 3 is 2.94 bits per heavy atom. The third kappa shape index (κ3) is 2.70. The Morgan fingerprint density at radius 2 is 2.33 bits per heavy atom. The summed E-state index contributed by atoms with van der Waals surface area (Å²) in [6, 6.07) is 5.65. The highest BCUT2D eigenvalue weighted by molar-refractivity contribution is 9.10. The van der Waals surface area contributed by atoms with Crippen molar-refractivity contribution < 1.29 is 14.6 Å². The summed E-state index contributed by atoms with van der Waals surface area (Å²) in [5.41, 5.74) is 1.09. The van der Waals surface area contributed by atoms with Gasteiger partial charge in [0.25, 0.3) is 0 Å². The van der Waals surface area contributed by atoms with Crippen molar-refractivity contribution in [2.24, 2.45) is 0 Å². The van der Waals surface area contributed by atoms with Crippen LogP contribution in [0.3, 0.4) is 0 Å². The molecular formula is C12H11BrN2O3. The average Bonchev–Trinajstić information content (AvgIpc) is 2.78. The summed E-state index contributed by atoms with van der Waals surface area (Å²) in [6.07, 6.45) is 2.81. The molecule has 1 aromatic carbocycles. The van der Waals surface area contributed by atoms with Crippen molar-refractivity contribution in [3.05, 3.63) is 46.2 Å². The van der Waals surface area contributed by atoms with Gasteiger partial charge in [0, 0.05) is 16.2 Å². The summed E-state index contributed by atoms with van der Waals surface area (Å²) in [7, 11) is 1.60. The van der Waals surface area contributed by atoms with Gasteiger partial charge in [-0.2, -0.15) is 5.10 Å². The number of halogens is 1. The van der Waals surface area contributed by atoms with E-state index >= 15 is 0 Å². The van der Waals surface area contributed by atoms with Gasteiger partial charge in [-0.05, 0) is 18.2 Å². The number of aromatic carboxylic acids is 1. The van der Waals surface area contributed by atoms with Gasteiger partial charge in [0.2, 0.25) is 0 Å². The molecule has 1 heterocycles. The zero-order chi connectivity index (χ0) is 13.1. The number of hydrogen-bond acceptors (Lipinski definition) is 3. The number of methoxy groups -OCH3 is 1. The fourth-order valence-corrected chi connectivity index (χ4v) is 2.01. The highest BCUT2D eigenvalue weighted by Gasteiger charge is 2.09. The predicted octanol–water partition coefficient (Wildman–Crippen LogP) is 2.40. The minimum absolute atomic E-state index is 0.170. The molecule has 0 unspecified atom stereocenters. The van der Waals surface area contributed by atoms with E-state index in [1.165, 1.54) is 12.4 Å². The molecule has 2 aromatic rings. The number of aromatic nitrogens is 2. The average molecular weight is 311 g/mol. The topological polar surface area (TPSA) is 64.3 Å². The zero-order valence-electron chi connectivity index (χ0n) is 9.63. The molecule has 1 aromatic heterocycles. The summed E-state index contributed by atoms with van der Waals surface area (Å²) in [5, 5.41) is 12.8. The third-order valence-corrected chi connectivity index (χ3v) is 2.95. The van der Waals surface area contributed by atoms with Crippen LogP contribution in [0, 0.1) is 0 Å². The van der Waals surface area contributed by atoms with Crippen LogP contribution < -0.4 is 4.74 Å². The minimum Gasteiger partial charge on any atom is -0.496 e. The van der Waals surface area contributed by atoms with Crippen LogP contribution in [0.4, 0.5) is 0 Å². The number of carbonyl (C=O) groups is 1. The number of hydrogen-bond donors (Lipinski definition) is 1. The summed E-state index contributed by atoms with van der Waals surface area (Å²) in [4.78, 5) is 10.8. The SMILES string of the molecule is COc1ccc(Br)cc1Cn1cc(C(=O)O)cn1. The van der Waals surface area contributed by atoms with Gasteiger partial charge in [0.15, 0.2) is 0 Å². The lowest BCUT2D eigenvalue weighted by atomic mass is 10.2. The maximum Gasteiger partial charge on any atom is 0.338 e. The van der Waals surface area contributed by atoms with E-state index in [1.807, 2.05) is 18.2 Å². The molecule has 0 aliphatic heterocycles. The lowest BCUT2D eigenvalue weighted by Crippen LogP contribution is -2.02. The Kier molecular flexibility index (Phi) is 3.66. The molecule has 0 bridgehead atoms. The highest BCUT2D eigenvalue weighted by Crippen LogP contribution is 2.23. The Hall–Kier alpha value is -1.82. The van der Waals surface area contributed by atoms with E-state index in [0.717, 1.165) is 15.8 Å². The van der Waals surface area contributed by atoms with E-state index in [-0.39, 0.29) is 5.56 Å². The molecule has 0 aliphatic rings. The second-order valence-electron chi connectivity index (χ2n) is 3.69. The van der Waals surface area contributed by atoms with Crippen LogP contribution in [0.25, 0.3) is 0 Å². The van der Waals surface area contributed by atoms with Crippen molar-refractivity contribution in [1.29, 1.82) is 0 Å². The third-order valence-electron chi connectivity index (χ3n) is 2.45. The van der Waals surface area contributed by atoms with E-state index in [9.17, 15) is 4.79 Å². The maximum atomic E-state index is 10.8. The number of rotatable bonds is 4. The van der Waals surface area contributed by atoms with Crippen molar-refractivity contribution in [2.45, 2.75) is 6.54 Å². The molecule has 0 spiro atoms. The fourth-order valence-electron chi connectivity index (χ4n) is 1.61. The number of carboxylic acids is 1. The molecule has 6 heteroatoms. The van der Waals surface area contributed by atoms with Crippen LogP contribution in [0.1, 0.15) is 15.9 Å². The Bertz CT molecular complexity index is 580. The maximum absolute atomic E-state index is 10.8. The van der Waals surface area contributed by atoms with E-state index in [4.69, 9.17) is 9.84 Å². The zero-order valence-corrected chi connectivity index (χ0v) is 11.2. The molecule has 0 saturated carbocycles. The van der Waals surface area contributed by atoms with Gasteiger partial charge in [0.05, 0.1) is 25.4 Å². The highest BCUT2D eigenvalue weighted by atomic mass is 79.9. The Labute approximate surface area is 112 Å². The molecule has 1 N–H and O–H groups in total. The normalized spacial score (nSPS) is 10.3. The molecule has 0 saturated heterocycles. The van der Waals surface area contributed by atoms with Crippen LogP contribution in [0.5, 0.6) is 5.75 Å². The van der Waals surface area contributed by atoms with E-state index < -0.39 is 5.97 Å². The summed E-state index contributed by atoms with van der Waals surface area (Å²) in [5.74, 6) is -0.243.